The van der Waals surface area contributed by atoms with E-state index in [0.29, 0.717) is 91.5 Å². The van der Waals surface area contributed by atoms with Crippen molar-refractivity contribution in [1.29, 1.82) is 0 Å². The molecule has 4 amide bonds. The first-order valence-corrected chi connectivity index (χ1v) is 24.3. The van der Waals surface area contributed by atoms with Gasteiger partial charge in [0.1, 0.15) is 42.7 Å². The van der Waals surface area contributed by atoms with E-state index in [4.69, 9.17) is 28.7 Å². The van der Waals surface area contributed by atoms with Crippen molar-refractivity contribution in [3.8, 4) is 34.4 Å². The zero-order valence-electron chi connectivity index (χ0n) is 38.8. The quantitative estimate of drug-likeness (QED) is 0.188. The van der Waals surface area contributed by atoms with Crippen LogP contribution in [0, 0.1) is 17.8 Å². The van der Waals surface area contributed by atoms with Crippen LogP contribution in [0.2, 0.25) is 0 Å². The van der Waals surface area contributed by atoms with Crippen molar-refractivity contribution < 1.29 is 60.1 Å². The van der Waals surface area contributed by atoms with Gasteiger partial charge in [0.05, 0.1) is 24.1 Å². The molecule has 0 unspecified atom stereocenters. The van der Waals surface area contributed by atoms with Crippen LogP contribution in [0.4, 0.5) is 13.6 Å². The largest absolute Gasteiger partial charge is 0.497 e. The van der Waals surface area contributed by atoms with Crippen LogP contribution in [0.3, 0.4) is 0 Å². The Bertz CT molecular complexity index is 2600. The number of fused-ring (bicyclic) bond motifs is 4. The molecule has 1 saturated heterocycles. The lowest BCUT2D eigenvalue weighted by atomic mass is 9.88. The van der Waals surface area contributed by atoms with Crippen LogP contribution in [-0.4, -0.2) is 109 Å². The molecule has 19 heteroatoms. The number of sulfonamides is 1. The fourth-order valence-corrected chi connectivity index (χ4v) is 10.3. The molecule has 2 saturated carbocycles. The minimum atomic E-state index is -4.09. The average molecular weight is 952 g/mol. The maximum absolute atomic E-state index is 15.1. The second-order valence-corrected chi connectivity index (χ2v) is 21.8. The second kappa shape index (κ2) is 17.7. The molecule has 3 N–H and O–H groups in total. The van der Waals surface area contributed by atoms with E-state index >= 15 is 4.79 Å². The summed E-state index contributed by atoms with van der Waals surface area (Å²) >= 11 is 0. The van der Waals surface area contributed by atoms with E-state index in [9.17, 15) is 31.6 Å². The number of hydrogen-bond donors (Lipinski definition) is 3. The van der Waals surface area contributed by atoms with Crippen LogP contribution in [0.5, 0.6) is 23.1 Å². The van der Waals surface area contributed by atoms with E-state index in [2.05, 4.69) is 15.4 Å². The number of carbonyl (C=O) groups is 4. The lowest BCUT2D eigenvalue weighted by Crippen LogP contribution is -2.59. The van der Waals surface area contributed by atoms with Gasteiger partial charge in [0.25, 0.3) is 11.8 Å². The molecule has 67 heavy (non-hydrogen) atoms. The lowest BCUT2D eigenvalue weighted by molar-refractivity contribution is -0.152. The predicted octanol–water partition coefficient (Wildman–Crippen LogP) is 6.44. The maximum Gasteiger partial charge on any atom is 0.408 e. The molecule has 2 aliphatic carbocycles. The van der Waals surface area contributed by atoms with Gasteiger partial charge in [0.2, 0.25) is 27.7 Å². The van der Waals surface area contributed by atoms with Crippen molar-refractivity contribution in [3.05, 3.63) is 54.6 Å². The Labute approximate surface area is 388 Å². The summed E-state index contributed by atoms with van der Waals surface area (Å²) in [6.07, 6.45) is 3.96. The van der Waals surface area contributed by atoms with Crippen molar-refractivity contribution >= 4 is 44.6 Å². The Morgan fingerprint density at radius 1 is 1.00 bits per heavy atom. The number of rotatable bonds is 10. The second-order valence-electron chi connectivity index (χ2n) is 19.6. The summed E-state index contributed by atoms with van der Waals surface area (Å²) in [4.78, 5) is 63.8. The summed E-state index contributed by atoms with van der Waals surface area (Å²) in [5.74, 6) is -5.02. The molecular formula is C48H59F2N5O11S. The number of pyridine rings is 1. The SMILES string of the molecule is COc1ccc2c(O[C@@H]3C[C@H]4C(=O)N[C@]5(C(=O)NS(=O)(=O)C6(C)CC6)C[C@H]5/C=C\CC[C@@H](C)C[C@@H](C)[C@H](NC(=O)OC(C)(C)C(C)(F)F)C(=O)N4C3)nc(-c3ccc4c(c3)OCCO4)cc2c1. The molecule has 0 bridgehead atoms. The van der Waals surface area contributed by atoms with Crippen molar-refractivity contribution in [3.63, 3.8) is 0 Å². The highest BCUT2D eigenvalue weighted by Crippen LogP contribution is 2.48. The molecular weight excluding hydrogens is 893 g/mol. The van der Waals surface area contributed by atoms with E-state index < -0.39 is 85.7 Å². The standard InChI is InChI=1S/C48H59F2N5O11S/c1-27-10-8-9-11-31-25-48(31,43(58)54-67(60,61)46(5)16-17-46)53-40(56)36-24-33(26-55(36)42(57)39(28(2)20-27)52-44(59)66-45(3,4)47(6,49)50)65-41-34-14-13-32(62-7)21-30(34)22-35(51-41)29-12-15-37-38(23-29)64-19-18-63-37/h9,11-15,21-23,27-28,31,33,36,39H,8,10,16-20,24-26H2,1-7H3,(H,52,59)(H,53,56)(H,54,58)/b11-9-/t27-,28-,31-,33-,36+,39+,48-/m1/s1. The summed E-state index contributed by atoms with van der Waals surface area (Å²) in [6.45, 7) is 8.65. The van der Waals surface area contributed by atoms with Crippen molar-refractivity contribution in [2.24, 2.45) is 17.8 Å². The number of allylic oxidation sites excluding steroid dienone is 1. The highest BCUT2D eigenvalue weighted by molar-refractivity contribution is 7.91. The number of hydrogen-bond acceptors (Lipinski definition) is 12. The Hall–Kier alpha value is -5.72. The number of aromatic nitrogens is 1. The fraction of sp³-hybridized carbons (Fsp3) is 0.562. The number of alkyl halides is 2. The molecule has 8 rings (SSSR count). The molecule has 362 valence electrons. The number of nitrogens with one attached hydrogen (secondary N) is 3. The first-order chi connectivity index (χ1) is 31.5. The zero-order valence-corrected chi connectivity index (χ0v) is 39.6. The van der Waals surface area contributed by atoms with E-state index in [-0.39, 0.29) is 31.2 Å². The molecule has 2 aromatic carbocycles. The van der Waals surface area contributed by atoms with Crippen LogP contribution in [-0.2, 0) is 29.1 Å². The molecule has 5 aliphatic rings. The van der Waals surface area contributed by atoms with Gasteiger partial charge in [-0.3, -0.25) is 19.1 Å². The monoisotopic (exact) mass is 951 g/mol. The van der Waals surface area contributed by atoms with Crippen molar-refractivity contribution in [1.82, 2.24) is 25.2 Å². The Kier molecular flexibility index (Phi) is 12.6. The normalized spacial score (nSPS) is 27.8. The first kappa shape index (κ1) is 47.8. The average Bonchev–Trinajstić information content (AvgIpc) is 4.15. The predicted molar refractivity (Wildman–Crippen MR) is 242 cm³/mol. The third kappa shape index (κ3) is 9.70. The highest BCUT2D eigenvalue weighted by Gasteiger charge is 2.63. The van der Waals surface area contributed by atoms with Gasteiger partial charge in [-0.1, -0.05) is 26.0 Å². The van der Waals surface area contributed by atoms with E-state index in [1.165, 1.54) is 4.90 Å². The minimum absolute atomic E-state index is 0.00400. The van der Waals surface area contributed by atoms with Crippen LogP contribution in [0.25, 0.3) is 22.0 Å². The van der Waals surface area contributed by atoms with E-state index in [1.54, 1.807) is 39.2 Å². The number of ether oxygens (including phenoxy) is 5. The van der Waals surface area contributed by atoms with Gasteiger partial charge in [-0.15, -0.1) is 0 Å². The van der Waals surface area contributed by atoms with Gasteiger partial charge in [-0.05, 0) is 119 Å². The van der Waals surface area contributed by atoms with Crippen LogP contribution in [0.1, 0.15) is 86.5 Å². The molecule has 0 spiro atoms. The molecule has 16 nitrogen and oxygen atoms in total. The Morgan fingerprint density at radius 2 is 1.73 bits per heavy atom. The van der Waals surface area contributed by atoms with Crippen LogP contribution >= 0.6 is 0 Å². The molecule has 1 aromatic heterocycles. The number of alkyl carbamates (subject to hydrolysis) is 1. The van der Waals surface area contributed by atoms with Crippen molar-refractivity contribution in [2.45, 2.75) is 126 Å². The fourth-order valence-electron chi connectivity index (χ4n) is 9.00. The van der Waals surface area contributed by atoms with Gasteiger partial charge in [-0.25, -0.2) is 27.0 Å². The van der Waals surface area contributed by atoms with Gasteiger partial charge in [0.15, 0.2) is 17.1 Å². The van der Waals surface area contributed by atoms with Crippen LogP contribution in [0.15, 0.2) is 54.6 Å². The summed E-state index contributed by atoms with van der Waals surface area (Å²) < 4.78 is 86.0. The number of carbonyl (C=O) groups excluding carboxylic acids is 4. The van der Waals surface area contributed by atoms with E-state index in [1.807, 2.05) is 43.3 Å². The lowest BCUT2D eigenvalue weighted by Gasteiger charge is -2.35. The van der Waals surface area contributed by atoms with Crippen molar-refractivity contribution in [2.75, 3.05) is 26.9 Å². The number of amides is 4. The number of halogens is 2. The molecule has 4 heterocycles. The molecule has 3 fully saturated rings. The summed E-state index contributed by atoms with van der Waals surface area (Å²) in [5, 5.41) is 6.74. The number of benzene rings is 2. The van der Waals surface area contributed by atoms with Gasteiger partial charge >= 0.3 is 6.09 Å². The summed E-state index contributed by atoms with van der Waals surface area (Å²) in [7, 11) is -2.54. The molecule has 3 aromatic rings. The first-order valence-electron chi connectivity index (χ1n) is 22.8. The Balaban J connectivity index is 1.16. The van der Waals surface area contributed by atoms with E-state index in [0.717, 1.165) is 13.8 Å². The Morgan fingerprint density at radius 3 is 2.43 bits per heavy atom. The third-order valence-electron chi connectivity index (χ3n) is 14.0. The molecule has 0 radical (unpaired) electrons. The molecule has 7 atom stereocenters. The van der Waals surface area contributed by atoms with Gasteiger partial charge < -0.3 is 39.2 Å². The van der Waals surface area contributed by atoms with Crippen LogP contribution < -0.4 is 34.3 Å². The smallest absolute Gasteiger partial charge is 0.408 e. The zero-order chi connectivity index (χ0) is 48.3. The summed E-state index contributed by atoms with van der Waals surface area (Å²) in [6, 6.07) is 10.00. The molecule has 3 aliphatic heterocycles. The highest BCUT2D eigenvalue weighted by atomic mass is 32.2. The number of methoxy groups -OCH3 is 1. The van der Waals surface area contributed by atoms with Gasteiger partial charge in [0, 0.05) is 30.2 Å². The van der Waals surface area contributed by atoms with Gasteiger partial charge in [-0.2, -0.15) is 0 Å². The topological polar surface area (TPSA) is 201 Å². The maximum atomic E-state index is 15.1. The third-order valence-corrected chi connectivity index (χ3v) is 16.2. The number of nitrogens with zero attached hydrogens (tertiary/aromatic N) is 2. The summed E-state index contributed by atoms with van der Waals surface area (Å²) in [5.41, 5.74) is -2.69. The minimum Gasteiger partial charge on any atom is -0.497 e.